The molecule has 1 N–H and O–H groups in total. The van der Waals surface area contributed by atoms with Crippen LogP contribution >= 0.6 is 0 Å². The quantitative estimate of drug-likeness (QED) is 0.828. The molecular formula is C12H15N3O2. The Labute approximate surface area is 99.8 Å². The Balaban J connectivity index is 1.84. The maximum Gasteiger partial charge on any atom is 0.225 e. The Kier molecular flexibility index (Phi) is 3.96. The molecule has 0 atom stereocenters. The molecule has 2 aromatic rings. The van der Waals surface area contributed by atoms with Gasteiger partial charge < -0.3 is 14.5 Å². The fourth-order valence-electron chi connectivity index (χ4n) is 1.41. The van der Waals surface area contributed by atoms with Gasteiger partial charge in [0.25, 0.3) is 0 Å². The molecule has 0 radical (unpaired) electrons. The summed E-state index contributed by atoms with van der Waals surface area (Å²) in [6.07, 6.45) is 4.14. The van der Waals surface area contributed by atoms with E-state index in [1.807, 2.05) is 19.1 Å². The number of ether oxygens (including phenoxy) is 1. The molecule has 17 heavy (non-hydrogen) atoms. The van der Waals surface area contributed by atoms with Crippen LogP contribution in [-0.4, -0.2) is 23.1 Å². The van der Waals surface area contributed by atoms with Gasteiger partial charge in [0.15, 0.2) is 0 Å². The van der Waals surface area contributed by atoms with Crippen LogP contribution in [0.15, 0.2) is 35.1 Å². The third-order valence-electron chi connectivity index (χ3n) is 2.16. The Morgan fingerprint density at radius 1 is 1.41 bits per heavy atom. The number of nitrogens with one attached hydrogen (secondary N) is 1. The first-order valence-corrected chi connectivity index (χ1v) is 5.60. The molecule has 0 spiro atoms. The molecule has 5 nitrogen and oxygen atoms in total. The van der Waals surface area contributed by atoms with Crippen molar-refractivity contribution in [3.63, 3.8) is 0 Å². The molecular weight excluding hydrogens is 218 g/mol. The van der Waals surface area contributed by atoms with Gasteiger partial charge >= 0.3 is 0 Å². The van der Waals surface area contributed by atoms with Crippen LogP contribution in [0.2, 0.25) is 0 Å². The van der Waals surface area contributed by atoms with Crippen LogP contribution in [0.5, 0.6) is 5.88 Å². The van der Waals surface area contributed by atoms with Crippen molar-refractivity contribution < 1.29 is 9.15 Å². The molecule has 0 saturated heterocycles. The third-order valence-corrected chi connectivity index (χ3v) is 2.16. The minimum atomic E-state index is 0.572. The number of furan rings is 1. The van der Waals surface area contributed by atoms with Gasteiger partial charge in [-0.15, -0.1) is 0 Å². The maximum absolute atomic E-state index is 5.29. The molecule has 0 unspecified atom stereocenters. The SMILES string of the molecule is CCOc1ccnc(NCCc2ccco2)n1. The van der Waals surface area contributed by atoms with Gasteiger partial charge in [-0.3, -0.25) is 0 Å². The summed E-state index contributed by atoms with van der Waals surface area (Å²) < 4.78 is 10.5. The van der Waals surface area contributed by atoms with E-state index in [9.17, 15) is 0 Å². The van der Waals surface area contributed by atoms with Gasteiger partial charge in [-0.05, 0) is 19.1 Å². The first kappa shape index (κ1) is 11.4. The van der Waals surface area contributed by atoms with Crippen LogP contribution in [0.1, 0.15) is 12.7 Å². The van der Waals surface area contributed by atoms with Crippen LogP contribution in [0.25, 0.3) is 0 Å². The maximum atomic E-state index is 5.29. The van der Waals surface area contributed by atoms with E-state index in [0.29, 0.717) is 18.4 Å². The van der Waals surface area contributed by atoms with E-state index < -0.39 is 0 Å². The molecule has 2 rings (SSSR count). The van der Waals surface area contributed by atoms with Gasteiger partial charge in [0.1, 0.15) is 5.76 Å². The molecule has 0 saturated carbocycles. The second kappa shape index (κ2) is 5.89. The minimum absolute atomic E-state index is 0.572. The third kappa shape index (κ3) is 3.48. The second-order valence-corrected chi connectivity index (χ2v) is 3.41. The average molecular weight is 233 g/mol. The molecule has 90 valence electrons. The summed E-state index contributed by atoms with van der Waals surface area (Å²) in [5.74, 6) is 2.10. The number of anilines is 1. The summed E-state index contributed by atoms with van der Waals surface area (Å²) >= 11 is 0. The second-order valence-electron chi connectivity index (χ2n) is 3.41. The highest BCUT2D eigenvalue weighted by atomic mass is 16.5. The summed E-state index contributed by atoms with van der Waals surface area (Å²) in [5, 5.41) is 3.12. The van der Waals surface area contributed by atoms with Crippen LogP contribution in [0.4, 0.5) is 5.95 Å². The van der Waals surface area contributed by atoms with Crippen molar-refractivity contribution in [2.45, 2.75) is 13.3 Å². The number of aromatic nitrogens is 2. The van der Waals surface area contributed by atoms with Crippen molar-refractivity contribution >= 4 is 5.95 Å². The Hall–Kier alpha value is -2.04. The molecule has 5 heteroatoms. The van der Waals surface area contributed by atoms with E-state index in [1.54, 1.807) is 18.5 Å². The molecule has 0 aromatic carbocycles. The van der Waals surface area contributed by atoms with Crippen LogP contribution in [0, 0.1) is 0 Å². The van der Waals surface area contributed by atoms with E-state index in [-0.39, 0.29) is 0 Å². The highest BCUT2D eigenvalue weighted by Gasteiger charge is 2.00. The first-order chi connectivity index (χ1) is 8.38. The molecule has 2 aromatic heterocycles. The molecule has 0 amide bonds. The summed E-state index contributed by atoms with van der Waals surface area (Å²) in [7, 11) is 0. The van der Waals surface area contributed by atoms with Crippen molar-refractivity contribution in [2.24, 2.45) is 0 Å². The van der Waals surface area contributed by atoms with Gasteiger partial charge in [-0.25, -0.2) is 4.98 Å². The van der Waals surface area contributed by atoms with Crippen molar-refractivity contribution in [2.75, 3.05) is 18.5 Å². The Morgan fingerprint density at radius 3 is 3.12 bits per heavy atom. The zero-order chi connectivity index (χ0) is 11.9. The number of hydrogen-bond acceptors (Lipinski definition) is 5. The minimum Gasteiger partial charge on any atom is -0.478 e. The number of rotatable bonds is 6. The Morgan fingerprint density at radius 2 is 2.35 bits per heavy atom. The fraction of sp³-hybridized carbons (Fsp3) is 0.333. The van der Waals surface area contributed by atoms with E-state index in [4.69, 9.17) is 9.15 Å². The van der Waals surface area contributed by atoms with Gasteiger partial charge in [0, 0.05) is 25.2 Å². The van der Waals surface area contributed by atoms with Crippen molar-refractivity contribution in [1.29, 1.82) is 0 Å². The van der Waals surface area contributed by atoms with E-state index in [1.165, 1.54) is 0 Å². The summed E-state index contributed by atoms with van der Waals surface area (Å²) in [6.45, 7) is 3.25. The molecule has 0 bridgehead atoms. The summed E-state index contributed by atoms with van der Waals surface area (Å²) in [4.78, 5) is 8.31. The zero-order valence-electron chi connectivity index (χ0n) is 9.72. The normalized spacial score (nSPS) is 10.2. The number of hydrogen-bond donors (Lipinski definition) is 1. The molecule has 0 aliphatic carbocycles. The van der Waals surface area contributed by atoms with Gasteiger partial charge in [-0.2, -0.15) is 4.98 Å². The van der Waals surface area contributed by atoms with Crippen LogP contribution in [0.3, 0.4) is 0 Å². The first-order valence-electron chi connectivity index (χ1n) is 5.60. The fourth-order valence-corrected chi connectivity index (χ4v) is 1.41. The summed E-state index contributed by atoms with van der Waals surface area (Å²) in [6, 6.07) is 5.56. The standard InChI is InChI=1S/C12H15N3O2/c1-2-16-11-6-8-14-12(15-11)13-7-5-10-4-3-9-17-10/h3-4,6,8-9H,2,5,7H2,1H3,(H,13,14,15). The monoisotopic (exact) mass is 233 g/mol. The van der Waals surface area contributed by atoms with E-state index in [2.05, 4.69) is 15.3 Å². The predicted octanol–water partition coefficient (Wildman–Crippen LogP) is 2.12. The smallest absolute Gasteiger partial charge is 0.225 e. The molecule has 2 heterocycles. The molecule has 0 fully saturated rings. The van der Waals surface area contributed by atoms with E-state index >= 15 is 0 Å². The van der Waals surface area contributed by atoms with E-state index in [0.717, 1.165) is 18.7 Å². The van der Waals surface area contributed by atoms with Crippen LogP contribution < -0.4 is 10.1 Å². The van der Waals surface area contributed by atoms with Crippen LogP contribution in [-0.2, 0) is 6.42 Å². The number of nitrogens with zero attached hydrogens (tertiary/aromatic N) is 2. The summed E-state index contributed by atoms with van der Waals surface area (Å²) in [5.41, 5.74) is 0. The highest BCUT2D eigenvalue weighted by molar-refractivity contribution is 5.27. The zero-order valence-corrected chi connectivity index (χ0v) is 9.72. The lowest BCUT2D eigenvalue weighted by atomic mass is 10.3. The van der Waals surface area contributed by atoms with Gasteiger partial charge in [-0.1, -0.05) is 0 Å². The molecule has 0 aliphatic rings. The largest absolute Gasteiger partial charge is 0.478 e. The Bertz CT molecular complexity index is 443. The lowest BCUT2D eigenvalue weighted by Crippen LogP contribution is -2.08. The van der Waals surface area contributed by atoms with Gasteiger partial charge in [0.2, 0.25) is 11.8 Å². The lowest BCUT2D eigenvalue weighted by molar-refractivity contribution is 0.326. The lowest BCUT2D eigenvalue weighted by Gasteiger charge is -2.05. The van der Waals surface area contributed by atoms with Crippen molar-refractivity contribution in [3.05, 3.63) is 36.4 Å². The van der Waals surface area contributed by atoms with Crippen molar-refractivity contribution in [1.82, 2.24) is 9.97 Å². The topological polar surface area (TPSA) is 60.2 Å². The van der Waals surface area contributed by atoms with Gasteiger partial charge in [0.05, 0.1) is 12.9 Å². The average Bonchev–Trinajstić information content (AvgIpc) is 2.83. The predicted molar refractivity (Wildman–Crippen MR) is 64.1 cm³/mol. The highest BCUT2D eigenvalue weighted by Crippen LogP contribution is 2.08. The van der Waals surface area contributed by atoms with Crippen molar-refractivity contribution in [3.8, 4) is 5.88 Å². The molecule has 0 aliphatic heterocycles.